The molecule has 0 saturated carbocycles. The maximum atomic E-state index is 12.8. The van der Waals surface area contributed by atoms with Crippen LogP contribution >= 0.6 is 12.4 Å². The van der Waals surface area contributed by atoms with Gasteiger partial charge in [0.05, 0.1) is 12.6 Å². The molecule has 2 heterocycles. The van der Waals surface area contributed by atoms with Gasteiger partial charge in [0.2, 0.25) is 5.91 Å². The van der Waals surface area contributed by atoms with Crippen LogP contribution in [0.3, 0.4) is 0 Å². The highest BCUT2D eigenvalue weighted by molar-refractivity contribution is 5.85. The van der Waals surface area contributed by atoms with Gasteiger partial charge in [-0.25, -0.2) is 5.43 Å². The molecule has 1 aromatic carbocycles. The van der Waals surface area contributed by atoms with Crippen LogP contribution in [0.4, 0.5) is 0 Å². The smallest absolute Gasteiger partial charge is 0.239 e. The molecule has 0 radical (unpaired) electrons. The van der Waals surface area contributed by atoms with Crippen molar-refractivity contribution in [2.75, 3.05) is 20.2 Å². The number of hydrogen-bond acceptors (Lipinski definition) is 5. The number of halogens is 1. The average molecular weight is 355 g/mol. The SMILES string of the molecule is COc1ccccc1C(C)(C)NC(=O)C1NNC2CCNCC21.Cl. The van der Waals surface area contributed by atoms with Gasteiger partial charge in [0.25, 0.3) is 0 Å². The summed E-state index contributed by atoms with van der Waals surface area (Å²) in [6.07, 6.45) is 1.04. The highest BCUT2D eigenvalue weighted by atomic mass is 35.5. The van der Waals surface area contributed by atoms with Gasteiger partial charge in [0.1, 0.15) is 11.8 Å². The lowest BCUT2D eigenvalue weighted by atomic mass is 9.87. The topological polar surface area (TPSA) is 74.4 Å². The molecule has 2 fully saturated rings. The minimum absolute atomic E-state index is 0. The van der Waals surface area contributed by atoms with Crippen molar-refractivity contribution in [3.63, 3.8) is 0 Å². The highest BCUT2D eigenvalue weighted by Gasteiger charge is 2.42. The van der Waals surface area contributed by atoms with Crippen LogP contribution in [0.2, 0.25) is 0 Å². The predicted molar refractivity (Wildman–Crippen MR) is 96.2 cm³/mol. The standard InChI is InChI=1S/C17H26N4O2.ClH/c1-17(2,12-6-4-5-7-14(12)23-3)19-16(22)15-11-10-18-9-8-13(11)20-21-15;/h4-7,11,13,15,18,20-21H,8-10H2,1-3H3,(H,19,22);1H. The molecule has 3 rings (SSSR count). The Morgan fingerprint density at radius 3 is 2.79 bits per heavy atom. The van der Waals surface area contributed by atoms with E-state index in [0.717, 1.165) is 30.8 Å². The molecule has 0 aromatic heterocycles. The van der Waals surface area contributed by atoms with Crippen LogP contribution in [0.25, 0.3) is 0 Å². The number of amides is 1. The van der Waals surface area contributed by atoms with Crippen molar-refractivity contribution in [3.8, 4) is 5.75 Å². The predicted octanol–water partition coefficient (Wildman–Crippen LogP) is 0.923. The van der Waals surface area contributed by atoms with Crippen molar-refractivity contribution in [2.45, 2.75) is 37.9 Å². The summed E-state index contributed by atoms with van der Waals surface area (Å²) in [6, 6.07) is 7.94. The van der Waals surface area contributed by atoms with Crippen LogP contribution in [-0.4, -0.2) is 38.2 Å². The number of carbonyl (C=O) groups excluding carboxylic acids is 1. The van der Waals surface area contributed by atoms with Crippen LogP contribution in [0.15, 0.2) is 24.3 Å². The molecule has 1 amide bonds. The molecule has 6 nitrogen and oxygen atoms in total. The van der Waals surface area contributed by atoms with E-state index in [1.807, 2.05) is 38.1 Å². The van der Waals surface area contributed by atoms with E-state index in [4.69, 9.17) is 4.74 Å². The van der Waals surface area contributed by atoms with Crippen molar-refractivity contribution in [2.24, 2.45) is 5.92 Å². The summed E-state index contributed by atoms with van der Waals surface area (Å²) >= 11 is 0. The first-order valence-corrected chi connectivity index (χ1v) is 8.20. The number of piperidine rings is 1. The van der Waals surface area contributed by atoms with E-state index in [9.17, 15) is 4.79 Å². The van der Waals surface area contributed by atoms with E-state index >= 15 is 0 Å². The average Bonchev–Trinajstić information content (AvgIpc) is 2.98. The third-order valence-corrected chi connectivity index (χ3v) is 4.88. The first-order valence-electron chi connectivity index (χ1n) is 8.20. The molecule has 7 heteroatoms. The molecule has 3 unspecified atom stereocenters. The summed E-state index contributed by atoms with van der Waals surface area (Å²) in [5.41, 5.74) is 6.89. The number of fused-ring (bicyclic) bond motifs is 1. The second-order valence-electron chi connectivity index (χ2n) is 6.84. The molecule has 2 saturated heterocycles. The van der Waals surface area contributed by atoms with Gasteiger partial charge >= 0.3 is 0 Å². The van der Waals surface area contributed by atoms with E-state index in [2.05, 4.69) is 21.5 Å². The monoisotopic (exact) mass is 354 g/mol. The van der Waals surface area contributed by atoms with Gasteiger partial charge in [-0.05, 0) is 32.9 Å². The van der Waals surface area contributed by atoms with Gasteiger partial charge in [-0.1, -0.05) is 18.2 Å². The molecular formula is C17H27ClN4O2. The van der Waals surface area contributed by atoms with Crippen molar-refractivity contribution < 1.29 is 9.53 Å². The lowest BCUT2D eigenvalue weighted by Gasteiger charge is -2.32. The molecule has 4 N–H and O–H groups in total. The molecule has 1 aromatic rings. The Bertz CT molecular complexity index is 581. The zero-order valence-corrected chi connectivity index (χ0v) is 15.2. The minimum Gasteiger partial charge on any atom is -0.496 e. The fourth-order valence-electron chi connectivity index (χ4n) is 3.59. The Morgan fingerprint density at radius 1 is 1.29 bits per heavy atom. The number of methoxy groups -OCH3 is 1. The van der Waals surface area contributed by atoms with E-state index in [1.165, 1.54) is 0 Å². The van der Waals surface area contributed by atoms with Crippen molar-refractivity contribution >= 4 is 18.3 Å². The second-order valence-corrected chi connectivity index (χ2v) is 6.84. The number of para-hydroxylation sites is 1. The van der Waals surface area contributed by atoms with Crippen molar-refractivity contribution in [3.05, 3.63) is 29.8 Å². The minimum atomic E-state index is -0.508. The summed E-state index contributed by atoms with van der Waals surface area (Å²) in [7, 11) is 1.65. The maximum absolute atomic E-state index is 12.8. The molecule has 134 valence electrons. The van der Waals surface area contributed by atoms with Gasteiger partial charge in [0.15, 0.2) is 0 Å². The van der Waals surface area contributed by atoms with Crippen LogP contribution in [-0.2, 0) is 10.3 Å². The van der Waals surface area contributed by atoms with Crippen molar-refractivity contribution in [1.82, 2.24) is 21.5 Å². The lowest BCUT2D eigenvalue weighted by molar-refractivity contribution is -0.125. The second kappa shape index (κ2) is 7.70. The number of rotatable bonds is 4. The third kappa shape index (κ3) is 3.67. The summed E-state index contributed by atoms with van der Waals surface area (Å²) in [4.78, 5) is 12.8. The molecule has 2 aliphatic heterocycles. The maximum Gasteiger partial charge on any atom is 0.239 e. The number of benzene rings is 1. The molecule has 2 aliphatic rings. The number of hydrogen-bond donors (Lipinski definition) is 4. The summed E-state index contributed by atoms with van der Waals surface area (Å²) in [5, 5.41) is 6.55. The van der Waals surface area contributed by atoms with Gasteiger partial charge in [0, 0.05) is 24.1 Å². The fourth-order valence-corrected chi connectivity index (χ4v) is 3.59. The fraction of sp³-hybridized carbons (Fsp3) is 0.588. The molecule has 0 bridgehead atoms. The Morgan fingerprint density at radius 2 is 2.04 bits per heavy atom. The number of hydrazine groups is 1. The number of nitrogens with one attached hydrogen (secondary N) is 4. The van der Waals surface area contributed by atoms with E-state index in [1.54, 1.807) is 7.11 Å². The van der Waals surface area contributed by atoms with Gasteiger partial charge < -0.3 is 15.4 Å². The third-order valence-electron chi connectivity index (χ3n) is 4.88. The summed E-state index contributed by atoms with van der Waals surface area (Å²) in [5.74, 6) is 1.08. The van der Waals surface area contributed by atoms with Crippen LogP contribution in [0.1, 0.15) is 25.8 Å². The van der Waals surface area contributed by atoms with Gasteiger partial charge in [-0.15, -0.1) is 12.4 Å². The highest BCUT2D eigenvalue weighted by Crippen LogP contribution is 2.30. The molecule has 3 atom stereocenters. The summed E-state index contributed by atoms with van der Waals surface area (Å²) in [6.45, 7) is 5.86. The van der Waals surface area contributed by atoms with E-state index in [0.29, 0.717) is 6.04 Å². The first kappa shape index (κ1) is 19.0. The molecular weight excluding hydrogens is 328 g/mol. The van der Waals surface area contributed by atoms with Gasteiger partial charge in [-0.3, -0.25) is 10.2 Å². The van der Waals surface area contributed by atoms with Crippen molar-refractivity contribution in [1.29, 1.82) is 0 Å². The Hall–Kier alpha value is -1.34. The van der Waals surface area contributed by atoms with E-state index < -0.39 is 5.54 Å². The van der Waals surface area contributed by atoms with Crippen LogP contribution in [0.5, 0.6) is 5.75 Å². The zero-order valence-electron chi connectivity index (χ0n) is 14.4. The van der Waals surface area contributed by atoms with Crippen LogP contribution in [0, 0.1) is 5.92 Å². The Kier molecular flexibility index (Phi) is 6.09. The first-order chi connectivity index (χ1) is 11.0. The van der Waals surface area contributed by atoms with E-state index in [-0.39, 0.29) is 30.3 Å². The molecule has 0 aliphatic carbocycles. The Labute approximate surface area is 149 Å². The Balaban J connectivity index is 0.00000208. The quantitative estimate of drug-likeness (QED) is 0.647. The van der Waals surface area contributed by atoms with Crippen LogP contribution < -0.4 is 26.2 Å². The molecule has 24 heavy (non-hydrogen) atoms. The van der Waals surface area contributed by atoms with Gasteiger partial charge in [-0.2, -0.15) is 0 Å². The normalized spacial score (nSPS) is 26.2. The number of carbonyl (C=O) groups is 1. The zero-order chi connectivity index (χ0) is 16.4. The molecule has 0 spiro atoms. The number of ether oxygens (including phenoxy) is 1. The lowest BCUT2D eigenvalue weighted by Crippen LogP contribution is -2.53. The largest absolute Gasteiger partial charge is 0.496 e. The summed E-state index contributed by atoms with van der Waals surface area (Å²) < 4.78 is 5.44.